The Morgan fingerprint density at radius 2 is 2.00 bits per heavy atom. The minimum atomic E-state index is -1.17. The van der Waals surface area contributed by atoms with Crippen LogP contribution in [0.25, 0.3) is 0 Å². The van der Waals surface area contributed by atoms with Gasteiger partial charge in [-0.25, -0.2) is 4.39 Å². The summed E-state index contributed by atoms with van der Waals surface area (Å²) in [5.41, 5.74) is 5.23. The van der Waals surface area contributed by atoms with Gasteiger partial charge in [0.15, 0.2) is 0 Å². The molecule has 0 spiro atoms. The van der Waals surface area contributed by atoms with Crippen LogP contribution >= 0.6 is 0 Å². The summed E-state index contributed by atoms with van der Waals surface area (Å²) in [7, 11) is 0. The van der Waals surface area contributed by atoms with Gasteiger partial charge in [-0.3, -0.25) is 0 Å². The van der Waals surface area contributed by atoms with E-state index in [0.717, 1.165) is 12.8 Å². The van der Waals surface area contributed by atoms with E-state index >= 15 is 0 Å². The molecule has 1 saturated carbocycles. The Labute approximate surface area is 126 Å². The first-order valence-corrected chi connectivity index (χ1v) is 7.61. The molecule has 2 rings (SSSR count). The molecule has 0 amide bonds. The molecule has 1 unspecified atom stereocenters. The van der Waals surface area contributed by atoms with E-state index in [-0.39, 0.29) is 5.41 Å². The largest absolute Gasteiger partial charge is 0.493 e. The fraction of sp³-hybridized carbons (Fsp3) is 0.647. The molecule has 1 aromatic carbocycles. The van der Waals surface area contributed by atoms with Crippen molar-refractivity contribution in [1.82, 2.24) is 0 Å². The zero-order chi connectivity index (χ0) is 15.7. The van der Waals surface area contributed by atoms with Crippen molar-refractivity contribution >= 4 is 0 Å². The molecule has 0 aliphatic heterocycles. The molecule has 1 aromatic rings. The number of benzene rings is 1. The predicted molar refractivity (Wildman–Crippen MR) is 81.7 cm³/mol. The van der Waals surface area contributed by atoms with Crippen LogP contribution < -0.4 is 10.5 Å². The van der Waals surface area contributed by atoms with Crippen LogP contribution in [-0.2, 0) is 0 Å². The molecular formula is C17H26FNO2. The molecule has 1 atom stereocenters. The zero-order valence-corrected chi connectivity index (χ0v) is 13.2. The first-order valence-electron chi connectivity index (χ1n) is 7.61. The van der Waals surface area contributed by atoms with Gasteiger partial charge in [0, 0.05) is 17.0 Å². The number of halogens is 1. The smallest absolute Gasteiger partial charge is 0.131 e. The molecular weight excluding hydrogens is 269 g/mol. The summed E-state index contributed by atoms with van der Waals surface area (Å²) in [5.74, 6) is 0.0889. The van der Waals surface area contributed by atoms with Gasteiger partial charge in [0.2, 0.25) is 0 Å². The summed E-state index contributed by atoms with van der Waals surface area (Å²) in [5, 5.41) is 9.89. The van der Waals surface area contributed by atoms with E-state index in [4.69, 9.17) is 10.5 Å². The standard InChI is InChI=1S/C17H26FNO2/c1-16(2,20)15(19)13-7-6-12(10-14(13)18)21-11-17(3)8-4-5-9-17/h6-7,10,15,20H,4-5,8-9,11,19H2,1-3H3. The van der Waals surface area contributed by atoms with E-state index in [1.165, 1.54) is 18.9 Å². The lowest BCUT2D eigenvalue weighted by Crippen LogP contribution is -2.35. The van der Waals surface area contributed by atoms with E-state index in [1.54, 1.807) is 26.0 Å². The van der Waals surface area contributed by atoms with Gasteiger partial charge >= 0.3 is 0 Å². The Hall–Kier alpha value is -1.13. The van der Waals surface area contributed by atoms with Crippen LogP contribution in [0, 0.1) is 11.2 Å². The van der Waals surface area contributed by atoms with Crippen molar-refractivity contribution in [2.45, 2.75) is 58.1 Å². The minimum Gasteiger partial charge on any atom is -0.493 e. The fourth-order valence-electron chi connectivity index (χ4n) is 2.86. The molecule has 1 fully saturated rings. The van der Waals surface area contributed by atoms with Crippen molar-refractivity contribution in [1.29, 1.82) is 0 Å². The van der Waals surface area contributed by atoms with E-state index in [2.05, 4.69) is 6.92 Å². The first-order chi connectivity index (χ1) is 9.71. The third kappa shape index (κ3) is 3.95. The highest BCUT2D eigenvalue weighted by molar-refractivity contribution is 5.32. The first kappa shape index (κ1) is 16.2. The molecule has 21 heavy (non-hydrogen) atoms. The number of hydrogen-bond acceptors (Lipinski definition) is 3. The normalized spacial score (nSPS) is 19.5. The molecule has 0 aromatic heterocycles. The summed E-state index contributed by atoms with van der Waals surface area (Å²) in [6.45, 7) is 5.98. The maximum Gasteiger partial charge on any atom is 0.131 e. The van der Waals surface area contributed by atoms with Gasteiger partial charge in [0.1, 0.15) is 11.6 Å². The van der Waals surface area contributed by atoms with Gasteiger partial charge in [-0.05, 0) is 32.8 Å². The third-order valence-corrected chi connectivity index (χ3v) is 4.47. The van der Waals surface area contributed by atoms with Crippen LogP contribution in [-0.4, -0.2) is 17.3 Å². The highest BCUT2D eigenvalue weighted by atomic mass is 19.1. The van der Waals surface area contributed by atoms with Crippen LogP contribution in [0.1, 0.15) is 58.1 Å². The van der Waals surface area contributed by atoms with E-state index < -0.39 is 17.5 Å². The second-order valence-corrected chi connectivity index (χ2v) is 7.12. The highest BCUT2D eigenvalue weighted by Gasteiger charge is 2.30. The van der Waals surface area contributed by atoms with Crippen molar-refractivity contribution in [2.75, 3.05) is 6.61 Å². The molecule has 0 radical (unpaired) electrons. The topological polar surface area (TPSA) is 55.5 Å². The van der Waals surface area contributed by atoms with E-state index in [0.29, 0.717) is 17.9 Å². The summed E-state index contributed by atoms with van der Waals surface area (Å²) < 4.78 is 19.9. The van der Waals surface area contributed by atoms with Crippen LogP contribution in [0.5, 0.6) is 5.75 Å². The summed E-state index contributed by atoms with van der Waals surface area (Å²) >= 11 is 0. The lowest BCUT2D eigenvalue weighted by atomic mass is 9.90. The number of hydrogen-bond donors (Lipinski definition) is 2. The quantitative estimate of drug-likeness (QED) is 0.873. The lowest BCUT2D eigenvalue weighted by molar-refractivity contribution is 0.0504. The Kier molecular flexibility index (Phi) is 4.59. The maximum atomic E-state index is 14.2. The zero-order valence-electron chi connectivity index (χ0n) is 13.2. The highest BCUT2D eigenvalue weighted by Crippen LogP contribution is 2.38. The summed E-state index contributed by atoms with van der Waals surface area (Å²) in [4.78, 5) is 0. The second-order valence-electron chi connectivity index (χ2n) is 7.12. The SMILES string of the molecule is CC1(COc2ccc(C(N)C(C)(C)O)c(F)c2)CCCC1. The average molecular weight is 295 g/mol. The van der Waals surface area contributed by atoms with Gasteiger partial charge in [0.05, 0.1) is 18.2 Å². The second kappa shape index (κ2) is 5.93. The van der Waals surface area contributed by atoms with Crippen molar-refractivity contribution < 1.29 is 14.2 Å². The minimum absolute atomic E-state index is 0.207. The molecule has 1 aliphatic carbocycles. The summed E-state index contributed by atoms with van der Waals surface area (Å²) in [6, 6.07) is 3.92. The maximum absolute atomic E-state index is 14.2. The number of rotatable bonds is 5. The number of nitrogens with two attached hydrogens (primary N) is 1. The van der Waals surface area contributed by atoms with Gasteiger partial charge in [-0.2, -0.15) is 0 Å². The van der Waals surface area contributed by atoms with Gasteiger partial charge in [-0.15, -0.1) is 0 Å². The molecule has 0 saturated heterocycles. The van der Waals surface area contributed by atoms with Gasteiger partial charge in [-0.1, -0.05) is 25.8 Å². The van der Waals surface area contributed by atoms with E-state index in [1.807, 2.05) is 0 Å². The molecule has 0 bridgehead atoms. The van der Waals surface area contributed by atoms with Gasteiger partial charge in [0.25, 0.3) is 0 Å². The van der Waals surface area contributed by atoms with Crippen molar-refractivity contribution in [3.8, 4) is 5.75 Å². The number of aliphatic hydroxyl groups is 1. The fourth-order valence-corrected chi connectivity index (χ4v) is 2.86. The molecule has 118 valence electrons. The molecule has 4 heteroatoms. The lowest BCUT2D eigenvalue weighted by Gasteiger charge is -2.27. The van der Waals surface area contributed by atoms with Crippen molar-refractivity contribution in [3.63, 3.8) is 0 Å². The molecule has 1 aliphatic rings. The monoisotopic (exact) mass is 295 g/mol. The Balaban J connectivity index is 2.05. The Morgan fingerprint density at radius 1 is 1.38 bits per heavy atom. The average Bonchev–Trinajstić information content (AvgIpc) is 2.82. The van der Waals surface area contributed by atoms with Crippen molar-refractivity contribution in [2.24, 2.45) is 11.1 Å². The molecule has 3 N–H and O–H groups in total. The molecule has 3 nitrogen and oxygen atoms in total. The van der Waals surface area contributed by atoms with E-state index in [9.17, 15) is 9.50 Å². The van der Waals surface area contributed by atoms with Crippen LogP contribution in [0.4, 0.5) is 4.39 Å². The van der Waals surface area contributed by atoms with Gasteiger partial charge < -0.3 is 15.6 Å². The third-order valence-electron chi connectivity index (χ3n) is 4.47. The van der Waals surface area contributed by atoms with Crippen LogP contribution in [0.15, 0.2) is 18.2 Å². The predicted octanol–water partition coefficient (Wildman–Crippen LogP) is 3.56. The Bertz CT molecular complexity index is 490. The Morgan fingerprint density at radius 3 is 2.52 bits per heavy atom. The number of ether oxygens (including phenoxy) is 1. The van der Waals surface area contributed by atoms with Crippen molar-refractivity contribution in [3.05, 3.63) is 29.6 Å². The summed E-state index contributed by atoms with van der Waals surface area (Å²) in [6.07, 6.45) is 4.81. The molecule has 0 heterocycles. The van der Waals surface area contributed by atoms with Crippen LogP contribution in [0.3, 0.4) is 0 Å². The van der Waals surface area contributed by atoms with Crippen LogP contribution in [0.2, 0.25) is 0 Å².